The number of fused-ring (bicyclic) bond motifs is 2. The lowest BCUT2D eigenvalue weighted by Crippen LogP contribution is -2.34. The molecule has 1 aliphatic rings. The first-order valence-corrected chi connectivity index (χ1v) is 10.3. The van der Waals surface area contributed by atoms with E-state index >= 15 is 0 Å². The van der Waals surface area contributed by atoms with E-state index in [4.69, 9.17) is 4.52 Å². The zero-order valence-corrected chi connectivity index (χ0v) is 17.3. The predicted molar refractivity (Wildman–Crippen MR) is 111 cm³/mol. The summed E-state index contributed by atoms with van der Waals surface area (Å²) in [5.41, 5.74) is 3.60. The Kier molecular flexibility index (Phi) is 5.26. The summed E-state index contributed by atoms with van der Waals surface area (Å²) in [6.07, 6.45) is 6.63. The molecule has 0 N–H and O–H groups in total. The number of hydrogen-bond acceptors (Lipinski definition) is 4. The Bertz CT molecular complexity index is 1060. The van der Waals surface area contributed by atoms with Gasteiger partial charge in [-0.1, -0.05) is 30.3 Å². The molecule has 6 nitrogen and oxygen atoms in total. The highest BCUT2D eigenvalue weighted by Crippen LogP contribution is 2.29. The Morgan fingerprint density at radius 1 is 1.24 bits per heavy atom. The van der Waals surface area contributed by atoms with Crippen LogP contribution in [0.1, 0.15) is 66.5 Å². The molecule has 6 heteroatoms. The van der Waals surface area contributed by atoms with Gasteiger partial charge in [-0.3, -0.25) is 9.59 Å². The number of aryl methyl sites for hydroxylation is 1. The standard InChI is InChI=1S/C23H27N3O3/c1-4-20(26-13-18(15(2)27)16-9-5-7-11-21(16)26)23(28)25(3)14-19-17-10-6-8-12-22(17)29-24-19/h5,7,9,11,13,20H,4,6,8,10,12,14H2,1-3H3. The van der Waals surface area contributed by atoms with Crippen molar-refractivity contribution in [1.82, 2.24) is 14.6 Å². The maximum Gasteiger partial charge on any atom is 0.245 e. The minimum absolute atomic E-state index is 0.00447. The number of benzene rings is 1. The van der Waals surface area contributed by atoms with Gasteiger partial charge in [0.05, 0.1) is 6.54 Å². The van der Waals surface area contributed by atoms with Gasteiger partial charge < -0.3 is 14.0 Å². The van der Waals surface area contributed by atoms with Gasteiger partial charge >= 0.3 is 0 Å². The van der Waals surface area contributed by atoms with Gasteiger partial charge in [-0.15, -0.1) is 0 Å². The van der Waals surface area contributed by atoms with Crippen molar-refractivity contribution < 1.29 is 14.1 Å². The van der Waals surface area contributed by atoms with Crippen LogP contribution in [0, 0.1) is 0 Å². The number of rotatable bonds is 6. The molecule has 0 saturated heterocycles. The summed E-state index contributed by atoms with van der Waals surface area (Å²) in [6.45, 7) is 4.00. The molecular formula is C23H27N3O3. The van der Waals surface area contributed by atoms with Crippen LogP contribution in [0.5, 0.6) is 0 Å². The minimum atomic E-state index is -0.374. The Balaban J connectivity index is 1.63. The number of Topliss-reactive ketones (excluding diaryl/α,β-unsaturated/α-hetero) is 1. The van der Waals surface area contributed by atoms with Gasteiger partial charge in [-0.25, -0.2) is 0 Å². The van der Waals surface area contributed by atoms with Gasteiger partial charge in [-0.05, 0) is 38.7 Å². The third-order valence-electron chi connectivity index (χ3n) is 5.92. The van der Waals surface area contributed by atoms with Crippen molar-refractivity contribution in [3.63, 3.8) is 0 Å². The second kappa shape index (κ2) is 7.85. The molecule has 0 saturated carbocycles. The largest absolute Gasteiger partial charge is 0.361 e. The number of ketones is 1. The molecule has 1 amide bonds. The lowest BCUT2D eigenvalue weighted by atomic mass is 9.96. The first-order valence-electron chi connectivity index (χ1n) is 10.3. The van der Waals surface area contributed by atoms with Gasteiger partial charge in [0, 0.05) is 41.7 Å². The molecule has 3 aromatic rings. The van der Waals surface area contributed by atoms with Crippen molar-refractivity contribution in [3.8, 4) is 0 Å². The first-order chi connectivity index (χ1) is 14.0. The lowest BCUT2D eigenvalue weighted by Gasteiger charge is -2.24. The van der Waals surface area contributed by atoms with Crippen LogP contribution in [0.25, 0.3) is 10.9 Å². The molecule has 1 atom stereocenters. The second-order valence-electron chi connectivity index (χ2n) is 7.88. The summed E-state index contributed by atoms with van der Waals surface area (Å²) in [5, 5.41) is 5.12. The number of hydrogen-bond donors (Lipinski definition) is 0. The van der Waals surface area contributed by atoms with Crippen LogP contribution in [0.3, 0.4) is 0 Å². The lowest BCUT2D eigenvalue weighted by molar-refractivity contribution is -0.134. The minimum Gasteiger partial charge on any atom is -0.361 e. The summed E-state index contributed by atoms with van der Waals surface area (Å²) in [4.78, 5) is 27.2. The third-order valence-corrected chi connectivity index (χ3v) is 5.92. The molecule has 1 aromatic carbocycles. The van der Waals surface area contributed by atoms with Crippen LogP contribution in [0.4, 0.5) is 0 Å². The number of carbonyl (C=O) groups excluding carboxylic acids is 2. The van der Waals surface area contributed by atoms with E-state index in [-0.39, 0.29) is 17.7 Å². The van der Waals surface area contributed by atoms with E-state index in [0.29, 0.717) is 18.5 Å². The number of amides is 1. The number of para-hydroxylation sites is 1. The maximum absolute atomic E-state index is 13.4. The highest BCUT2D eigenvalue weighted by molar-refractivity contribution is 6.07. The average Bonchev–Trinajstić information content (AvgIpc) is 3.31. The average molecular weight is 393 g/mol. The number of carbonyl (C=O) groups is 2. The molecule has 0 aliphatic heterocycles. The molecule has 0 fully saturated rings. The van der Waals surface area contributed by atoms with E-state index in [1.165, 1.54) is 5.56 Å². The fourth-order valence-electron chi connectivity index (χ4n) is 4.36. The van der Waals surface area contributed by atoms with Crippen molar-refractivity contribution in [2.45, 2.75) is 58.5 Å². The Labute approximate surface area is 170 Å². The SMILES string of the molecule is CCC(C(=O)N(C)Cc1noc2c1CCCC2)n1cc(C(C)=O)c2ccccc21. The molecule has 0 radical (unpaired) electrons. The van der Waals surface area contributed by atoms with E-state index in [2.05, 4.69) is 5.16 Å². The maximum atomic E-state index is 13.4. The van der Waals surface area contributed by atoms with Crippen molar-refractivity contribution in [2.75, 3.05) is 7.05 Å². The summed E-state index contributed by atoms with van der Waals surface area (Å²) in [6, 6.07) is 7.38. The Hall–Kier alpha value is -2.89. The van der Waals surface area contributed by atoms with Gasteiger partial charge in [0.15, 0.2) is 5.78 Å². The highest BCUT2D eigenvalue weighted by atomic mass is 16.5. The predicted octanol–water partition coefficient (Wildman–Crippen LogP) is 4.32. The molecule has 0 spiro atoms. The smallest absolute Gasteiger partial charge is 0.245 e. The molecule has 152 valence electrons. The topological polar surface area (TPSA) is 68.3 Å². The van der Waals surface area contributed by atoms with Crippen molar-refractivity contribution in [1.29, 1.82) is 0 Å². The molecule has 4 rings (SSSR count). The van der Waals surface area contributed by atoms with Crippen molar-refractivity contribution in [3.05, 3.63) is 53.0 Å². The van der Waals surface area contributed by atoms with E-state index in [1.807, 2.05) is 49.0 Å². The van der Waals surface area contributed by atoms with Crippen LogP contribution in [0.15, 0.2) is 35.0 Å². The van der Waals surface area contributed by atoms with E-state index in [1.54, 1.807) is 11.8 Å². The molecule has 2 aromatic heterocycles. The first kappa shape index (κ1) is 19.4. The van der Waals surface area contributed by atoms with Gasteiger partial charge in [0.1, 0.15) is 17.5 Å². The fraction of sp³-hybridized carbons (Fsp3) is 0.435. The van der Waals surface area contributed by atoms with Gasteiger partial charge in [-0.2, -0.15) is 0 Å². The number of likely N-dealkylation sites (N-methyl/N-ethyl adjacent to an activating group) is 1. The van der Waals surface area contributed by atoms with Gasteiger partial charge in [0.25, 0.3) is 0 Å². The highest BCUT2D eigenvalue weighted by Gasteiger charge is 2.27. The van der Waals surface area contributed by atoms with E-state index in [0.717, 1.165) is 48.0 Å². The molecule has 0 bridgehead atoms. The quantitative estimate of drug-likeness (QED) is 0.585. The zero-order valence-electron chi connectivity index (χ0n) is 17.3. The third kappa shape index (κ3) is 3.48. The normalized spacial score (nSPS) is 14.6. The number of aromatic nitrogens is 2. The monoisotopic (exact) mass is 393 g/mol. The van der Waals surface area contributed by atoms with Crippen LogP contribution >= 0.6 is 0 Å². The Morgan fingerprint density at radius 3 is 2.76 bits per heavy atom. The van der Waals surface area contributed by atoms with Crippen LogP contribution < -0.4 is 0 Å². The summed E-state index contributed by atoms with van der Waals surface area (Å²) < 4.78 is 7.44. The van der Waals surface area contributed by atoms with Crippen LogP contribution in [-0.2, 0) is 24.2 Å². The van der Waals surface area contributed by atoms with Crippen LogP contribution in [-0.4, -0.2) is 33.4 Å². The summed E-state index contributed by atoms with van der Waals surface area (Å²) in [7, 11) is 1.81. The molecule has 1 unspecified atom stereocenters. The van der Waals surface area contributed by atoms with Crippen molar-refractivity contribution >= 4 is 22.6 Å². The molecule has 29 heavy (non-hydrogen) atoms. The summed E-state index contributed by atoms with van der Waals surface area (Å²) >= 11 is 0. The summed E-state index contributed by atoms with van der Waals surface area (Å²) in [5.74, 6) is 0.988. The molecule has 2 heterocycles. The molecular weight excluding hydrogens is 366 g/mol. The van der Waals surface area contributed by atoms with Gasteiger partial charge in [0.2, 0.25) is 5.91 Å². The van der Waals surface area contributed by atoms with Crippen LogP contribution in [0.2, 0.25) is 0 Å². The molecule has 1 aliphatic carbocycles. The fourth-order valence-corrected chi connectivity index (χ4v) is 4.36. The zero-order chi connectivity index (χ0) is 20.5. The Morgan fingerprint density at radius 2 is 2.00 bits per heavy atom. The second-order valence-corrected chi connectivity index (χ2v) is 7.88. The number of nitrogens with zero attached hydrogens (tertiary/aromatic N) is 3. The van der Waals surface area contributed by atoms with E-state index < -0.39 is 0 Å². The van der Waals surface area contributed by atoms with Crippen molar-refractivity contribution in [2.24, 2.45) is 0 Å². The van der Waals surface area contributed by atoms with E-state index in [9.17, 15) is 9.59 Å².